The van der Waals surface area contributed by atoms with Crippen molar-refractivity contribution >= 4 is 9.84 Å². The van der Waals surface area contributed by atoms with Crippen LogP contribution in [0.1, 0.15) is 26.7 Å². The molecule has 0 saturated carbocycles. The zero-order valence-corrected chi connectivity index (χ0v) is 11.2. The summed E-state index contributed by atoms with van der Waals surface area (Å²) in [6.07, 6.45) is 1.81. The SMILES string of the molecule is CCN(CC)CCS(=O)(=O)C1CCCNC1. The van der Waals surface area contributed by atoms with Crippen LogP contribution in [0.5, 0.6) is 0 Å². The van der Waals surface area contributed by atoms with Crippen molar-refractivity contribution in [3.05, 3.63) is 0 Å². The topological polar surface area (TPSA) is 49.4 Å². The van der Waals surface area contributed by atoms with Crippen molar-refractivity contribution in [3.8, 4) is 0 Å². The lowest BCUT2D eigenvalue weighted by molar-refractivity contribution is 0.321. The van der Waals surface area contributed by atoms with E-state index in [1.54, 1.807) is 0 Å². The molecule has 1 unspecified atom stereocenters. The van der Waals surface area contributed by atoms with Gasteiger partial charge < -0.3 is 10.2 Å². The van der Waals surface area contributed by atoms with E-state index in [9.17, 15) is 8.42 Å². The van der Waals surface area contributed by atoms with E-state index in [0.717, 1.165) is 32.5 Å². The zero-order valence-electron chi connectivity index (χ0n) is 10.4. The van der Waals surface area contributed by atoms with E-state index in [-0.39, 0.29) is 5.25 Å². The Morgan fingerprint density at radius 2 is 2.00 bits per heavy atom. The first kappa shape index (κ1) is 13.9. The lowest BCUT2D eigenvalue weighted by Crippen LogP contribution is -2.41. The first-order chi connectivity index (χ1) is 7.60. The van der Waals surface area contributed by atoms with Crippen molar-refractivity contribution in [1.82, 2.24) is 10.2 Å². The molecule has 1 fully saturated rings. The Balaban J connectivity index is 2.44. The van der Waals surface area contributed by atoms with Gasteiger partial charge in [0.15, 0.2) is 9.84 Å². The molecule has 0 aromatic carbocycles. The van der Waals surface area contributed by atoms with Gasteiger partial charge in [-0.05, 0) is 32.5 Å². The van der Waals surface area contributed by atoms with Crippen molar-refractivity contribution in [1.29, 1.82) is 0 Å². The van der Waals surface area contributed by atoms with Crippen molar-refractivity contribution in [2.75, 3.05) is 38.5 Å². The second-order valence-corrected chi connectivity index (χ2v) is 6.76. The summed E-state index contributed by atoms with van der Waals surface area (Å²) in [5, 5.41) is 3.01. The highest BCUT2D eigenvalue weighted by Gasteiger charge is 2.26. The van der Waals surface area contributed by atoms with Gasteiger partial charge in [-0.15, -0.1) is 0 Å². The van der Waals surface area contributed by atoms with Gasteiger partial charge in [0.2, 0.25) is 0 Å². The van der Waals surface area contributed by atoms with E-state index in [1.165, 1.54) is 0 Å². The summed E-state index contributed by atoms with van der Waals surface area (Å²) in [5.74, 6) is 0.307. The molecule has 5 heteroatoms. The fourth-order valence-electron chi connectivity index (χ4n) is 2.09. The van der Waals surface area contributed by atoms with Crippen LogP contribution in [-0.2, 0) is 9.84 Å². The lowest BCUT2D eigenvalue weighted by Gasteiger charge is -2.24. The number of sulfone groups is 1. The van der Waals surface area contributed by atoms with Gasteiger partial charge >= 0.3 is 0 Å². The van der Waals surface area contributed by atoms with Crippen molar-refractivity contribution in [3.63, 3.8) is 0 Å². The van der Waals surface area contributed by atoms with Crippen LogP contribution in [0.25, 0.3) is 0 Å². The average molecular weight is 248 g/mol. The largest absolute Gasteiger partial charge is 0.315 e. The van der Waals surface area contributed by atoms with E-state index in [4.69, 9.17) is 0 Å². The fraction of sp³-hybridized carbons (Fsp3) is 1.00. The maximum absolute atomic E-state index is 12.1. The number of hydrogen-bond donors (Lipinski definition) is 1. The summed E-state index contributed by atoms with van der Waals surface area (Å²) in [6.45, 7) is 8.26. The first-order valence-corrected chi connectivity index (χ1v) is 7.96. The molecule has 1 saturated heterocycles. The van der Waals surface area contributed by atoms with E-state index >= 15 is 0 Å². The summed E-state index contributed by atoms with van der Waals surface area (Å²) in [4.78, 5) is 2.16. The predicted octanol–water partition coefficient (Wildman–Crippen LogP) is 0.495. The van der Waals surface area contributed by atoms with Crippen LogP contribution in [0, 0.1) is 0 Å². The highest BCUT2D eigenvalue weighted by Crippen LogP contribution is 2.12. The van der Waals surface area contributed by atoms with Crippen LogP contribution >= 0.6 is 0 Å². The quantitative estimate of drug-likeness (QED) is 0.743. The van der Waals surface area contributed by atoms with E-state index in [0.29, 0.717) is 18.8 Å². The molecule has 0 aliphatic carbocycles. The molecule has 1 aliphatic rings. The molecule has 1 rings (SSSR count). The molecule has 0 aromatic rings. The second-order valence-electron chi connectivity index (χ2n) is 4.36. The first-order valence-electron chi connectivity index (χ1n) is 6.24. The fourth-order valence-corrected chi connectivity index (χ4v) is 3.83. The van der Waals surface area contributed by atoms with Gasteiger partial charge in [0.25, 0.3) is 0 Å². The normalized spacial score (nSPS) is 22.6. The zero-order chi connectivity index (χ0) is 12.0. The molecular formula is C11H24N2O2S. The van der Waals surface area contributed by atoms with E-state index in [1.807, 2.05) is 0 Å². The molecule has 4 nitrogen and oxygen atoms in total. The third kappa shape index (κ3) is 4.03. The van der Waals surface area contributed by atoms with Gasteiger partial charge in [-0.2, -0.15) is 0 Å². The molecule has 1 N–H and O–H groups in total. The number of nitrogens with zero attached hydrogens (tertiary/aromatic N) is 1. The molecular weight excluding hydrogens is 224 g/mol. The van der Waals surface area contributed by atoms with Gasteiger partial charge in [-0.1, -0.05) is 13.8 Å². The average Bonchev–Trinajstić information content (AvgIpc) is 2.31. The van der Waals surface area contributed by atoms with Crippen LogP contribution in [0.2, 0.25) is 0 Å². The van der Waals surface area contributed by atoms with Crippen LogP contribution in [0.4, 0.5) is 0 Å². The maximum atomic E-state index is 12.1. The Bertz CT molecular complexity index is 280. The Kier molecular flexibility index (Phi) is 5.72. The molecule has 0 spiro atoms. The lowest BCUT2D eigenvalue weighted by atomic mass is 10.2. The molecule has 0 amide bonds. The van der Waals surface area contributed by atoms with Crippen LogP contribution in [0.15, 0.2) is 0 Å². The minimum atomic E-state index is -2.90. The Morgan fingerprint density at radius 1 is 1.31 bits per heavy atom. The van der Waals surface area contributed by atoms with Gasteiger partial charge in [-0.25, -0.2) is 8.42 Å². The Hall–Kier alpha value is -0.130. The van der Waals surface area contributed by atoms with Crippen molar-refractivity contribution in [2.24, 2.45) is 0 Å². The van der Waals surface area contributed by atoms with Crippen molar-refractivity contribution < 1.29 is 8.42 Å². The van der Waals surface area contributed by atoms with Crippen LogP contribution < -0.4 is 5.32 Å². The minimum absolute atomic E-state index is 0.156. The second kappa shape index (κ2) is 6.57. The summed E-state index contributed by atoms with van der Waals surface area (Å²) >= 11 is 0. The van der Waals surface area contributed by atoms with Gasteiger partial charge in [-0.3, -0.25) is 0 Å². The third-order valence-electron chi connectivity index (χ3n) is 3.35. The molecule has 0 bridgehead atoms. The number of hydrogen-bond acceptors (Lipinski definition) is 4. The predicted molar refractivity (Wildman–Crippen MR) is 67.5 cm³/mol. The highest BCUT2D eigenvalue weighted by molar-refractivity contribution is 7.92. The molecule has 96 valence electrons. The van der Waals surface area contributed by atoms with Crippen LogP contribution in [-0.4, -0.2) is 57.0 Å². The monoisotopic (exact) mass is 248 g/mol. The minimum Gasteiger partial charge on any atom is -0.315 e. The summed E-state index contributed by atoms with van der Waals surface area (Å²) in [7, 11) is -2.90. The van der Waals surface area contributed by atoms with Crippen molar-refractivity contribution in [2.45, 2.75) is 31.9 Å². The number of rotatable bonds is 6. The van der Waals surface area contributed by atoms with E-state index < -0.39 is 9.84 Å². The molecule has 0 aromatic heterocycles. The number of nitrogens with one attached hydrogen (secondary N) is 1. The van der Waals surface area contributed by atoms with Gasteiger partial charge in [0, 0.05) is 13.1 Å². The number of piperidine rings is 1. The summed E-state index contributed by atoms with van der Waals surface area (Å²) < 4.78 is 24.1. The van der Waals surface area contributed by atoms with Gasteiger partial charge in [0.1, 0.15) is 0 Å². The standard InChI is InChI=1S/C11H24N2O2S/c1-3-13(4-2)8-9-16(14,15)11-6-5-7-12-10-11/h11-12H,3-10H2,1-2H3. The van der Waals surface area contributed by atoms with E-state index in [2.05, 4.69) is 24.1 Å². The summed E-state index contributed by atoms with van der Waals surface area (Å²) in [5.41, 5.74) is 0. The van der Waals surface area contributed by atoms with Crippen LogP contribution in [0.3, 0.4) is 0 Å². The molecule has 0 radical (unpaired) electrons. The van der Waals surface area contributed by atoms with Gasteiger partial charge in [0.05, 0.1) is 11.0 Å². The molecule has 16 heavy (non-hydrogen) atoms. The molecule has 1 heterocycles. The Morgan fingerprint density at radius 3 is 2.50 bits per heavy atom. The molecule has 1 aliphatic heterocycles. The third-order valence-corrected chi connectivity index (χ3v) is 5.52. The smallest absolute Gasteiger partial charge is 0.155 e. The maximum Gasteiger partial charge on any atom is 0.155 e. The Labute approximate surface area is 99.3 Å². The molecule has 1 atom stereocenters. The summed E-state index contributed by atoms with van der Waals surface area (Å²) in [6, 6.07) is 0. The highest BCUT2D eigenvalue weighted by atomic mass is 32.2.